The molecule has 0 unspecified atom stereocenters. The van der Waals surface area contributed by atoms with Gasteiger partial charge in [0, 0.05) is 13.2 Å². The molecule has 0 radical (unpaired) electrons. The Morgan fingerprint density at radius 3 is 2.76 bits per heavy atom. The molecule has 1 heterocycles. The number of ether oxygens (including phenoxy) is 1. The van der Waals surface area contributed by atoms with Gasteiger partial charge in [0.05, 0.1) is 18.0 Å². The molecule has 3 nitrogen and oxygen atoms in total. The molecule has 0 aliphatic carbocycles. The Morgan fingerprint density at radius 1 is 1.18 bits per heavy atom. The van der Waals surface area contributed by atoms with Crippen LogP contribution in [0, 0.1) is 0 Å². The second-order valence-electron chi connectivity index (χ2n) is 4.26. The first kappa shape index (κ1) is 14.1. The molecule has 0 aliphatic heterocycles. The van der Waals surface area contributed by atoms with Crippen LogP contribution in [0.3, 0.4) is 0 Å². The van der Waals surface area contributed by atoms with Crippen molar-refractivity contribution in [3.63, 3.8) is 0 Å². The minimum atomic E-state index is 0.629. The maximum absolute atomic E-state index is 5.62. The van der Waals surface area contributed by atoms with Crippen LogP contribution in [0.25, 0.3) is 0 Å². The number of hydrogen-bond acceptors (Lipinski definition) is 3. The largest absolute Gasteiger partial charge is 0.375 e. The third-order valence-electron chi connectivity index (χ3n) is 2.61. The number of hydrogen-bond donors (Lipinski definition) is 1. The molecule has 0 aromatic carbocycles. The lowest BCUT2D eigenvalue weighted by Crippen LogP contribution is -2.08. The SMILES string of the molecule is CCCCCCOCc1cccc(CNC)n1. The summed E-state index contributed by atoms with van der Waals surface area (Å²) in [5, 5.41) is 3.10. The highest BCUT2D eigenvalue weighted by molar-refractivity contribution is 5.10. The molecule has 0 amide bonds. The van der Waals surface area contributed by atoms with Gasteiger partial charge in [-0.3, -0.25) is 4.98 Å². The van der Waals surface area contributed by atoms with Gasteiger partial charge in [0.1, 0.15) is 0 Å². The zero-order valence-electron chi connectivity index (χ0n) is 11.0. The van der Waals surface area contributed by atoms with Gasteiger partial charge in [0.15, 0.2) is 0 Å². The average Bonchev–Trinajstić information content (AvgIpc) is 2.35. The highest BCUT2D eigenvalue weighted by Gasteiger charge is 1.97. The Labute approximate surface area is 105 Å². The fourth-order valence-corrected chi connectivity index (χ4v) is 1.70. The summed E-state index contributed by atoms with van der Waals surface area (Å²) in [6.07, 6.45) is 5.00. The first-order valence-corrected chi connectivity index (χ1v) is 6.54. The lowest BCUT2D eigenvalue weighted by Gasteiger charge is -2.05. The van der Waals surface area contributed by atoms with Crippen LogP contribution >= 0.6 is 0 Å². The van der Waals surface area contributed by atoms with Crippen LogP contribution in [0.2, 0.25) is 0 Å². The van der Waals surface area contributed by atoms with Crippen molar-refractivity contribution in [3.8, 4) is 0 Å². The minimum Gasteiger partial charge on any atom is -0.375 e. The quantitative estimate of drug-likeness (QED) is 0.669. The summed E-state index contributed by atoms with van der Waals surface area (Å²) in [6, 6.07) is 6.09. The smallest absolute Gasteiger partial charge is 0.0887 e. The van der Waals surface area contributed by atoms with Gasteiger partial charge in [0.25, 0.3) is 0 Å². The molecule has 0 spiro atoms. The second-order valence-corrected chi connectivity index (χ2v) is 4.26. The average molecular weight is 236 g/mol. The summed E-state index contributed by atoms with van der Waals surface area (Å²) < 4.78 is 5.62. The van der Waals surface area contributed by atoms with E-state index in [9.17, 15) is 0 Å². The molecule has 0 atom stereocenters. The zero-order chi connectivity index (χ0) is 12.3. The van der Waals surface area contributed by atoms with E-state index in [4.69, 9.17) is 4.74 Å². The van der Waals surface area contributed by atoms with E-state index in [1.165, 1.54) is 19.3 Å². The molecule has 1 rings (SSSR count). The maximum atomic E-state index is 5.62. The van der Waals surface area contributed by atoms with E-state index >= 15 is 0 Å². The third kappa shape index (κ3) is 6.39. The van der Waals surface area contributed by atoms with Crippen LogP contribution in [-0.2, 0) is 17.9 Å². The zero-order valence-corrected chi connectivity index (χ0v) is 11.0. The fourth-order valence-electron chi connectivity index (χ4n) is 1.70. The van der Waals surface area contributed by atoms with Crippen LogP contribution in [0.5, 0.6) is 0 Å². The highest BCUT2D eigenvalue weighted by Crippen LogP contribution is 2.03. The van der Waals surface area contributed by atoms with Crippen molar-refractivity contribution >= 4 is 0 Å². The Bertz CT molecular complexity index is 302. The summed E-state index contributed by atoms with van der Waals surface area (Å²) in [5.74, 6) is 0. The molecular formula is C14H24N2O. The van der Waals surface area contributed by atoms with Crippen molar-refractivity contribution in [2.45, 2.75) is 45.8 Å². The number of unbranched alkanes of at least 4 members (excludes halogenated alkanes) is 3. The molecule has 0 aliphatic rings. The van der Waals surface area contributed by atoms with Crippen molar-refractivity contribution in [1.29, 1.82) is 0 Å². The summed E-state index contributed by atoms with van der Waals surface area (Å²) in [4.78, 5) is 4.51. The van der Waals surface area contributed by atoms with Crippen LogP contribution in [0.4, 0.5) is 0 Å². The van der Waals surface area contributed by atoms with Gasteiger partial charge in [-0.25, -0.2) is 0 Å². The highest BCUT2D eigenvalue weighted by atomic mass is 16.5. The van der Waals surface area contributed by atoms with Gasteiger partial charge >= 0.3 is 0 Å². The third-order valence-corrected chi connectivity index (χ3v) is 2.61. The Balaban J connectivity index is 2.19. The first-order valence-electron chi connectivity index (χ1n) is 6.54. The first-order chi connectivity index (χ1) is 8.36. The van der Waals surface area contributed by atoms with Gasteiger partial charge < -0.3 is 10.1 Å². The van der Waals surface area contributed by atoms with Crippen molar-refractivity contribution in [2.75, 3.05) is 13.7 Å². The number of aromatic nitrogens is 1. The molecule has 0 bridgehead atoms. The molecule has 3 heteroatoms. The maximum Gasteiger partial charge on any atom is 0.0887 e. The van der Waals surface area contributed by atoms with Gasteiger partial charge in [-0.15, -0.1) is 0 Å². The summed E-state index contributed by atoms with van der Waals surface area (Å²) in [5.41, 5.74) is 2.09. The number of rotatable bonds is 9. The molecule has 96 valence electrons. The van der Waals surface area contributed by atoms with Gasteiger partial charge in [-0.2, -0.15) is 0 Å². The molecule has 0 saturated carbocycles. The van der Waals surface area contributed by atoms with E-state index in [-0.39, 0.29) is 0 Å². The number of nitrogens with one attached hydrogen (secondary N) is 1. The van der Waals surface area contributed by atoms with E-state index in [0.29, 0.717) is 6.61 Å². The van der Waals surface area contributed by atoms with Crippen LogP contribution < -0.4 is 5.32 Å². The van der Waals surface area contributed by atoms with Crippen molar-refractivity contribution in [3.05, 3.63) is 29.6 Å². The summed E-state index contributed by atoms with van der Waals surface area (Å²) in [7, 11) is 1.93. The van der Waals surface area contributed by atoms with E-state index in [0.717, 1.165) is 31.0 Å². The Kier molecular flexibility index (Phi) is 7.60. The lowest BCUT2D eigenvalue weighted by atomic mass is 10.2. The number of pyridine rings is 1. The molecule has 0 fully saturated rings. The monoisotopic (exact) mass is 236 g/mol. The van der Waals surface area contributed by atoms with Gasteiger partial charge in [-0.1, -0.05) is 32.3 Å². The molecule has 1 N–H and O–H groups in total. The molecule has 1 aromatic heterocycles. The second kappa shape index (κ2) is 9.14. The topological polar surface area (TPSA) is 34.1 Å². The number of nitrogens with zero attached hydrogens (tertiary/aromatic N) is 1. The standard InChI is InChI=1S/C14H24N2O/c1-3-4-5-6-10-17-12-14-9-7-8-13(16-14)11-15-2/h7-9,15H,3-6,10-12H2,1-2H3. The fraction of sp³-hybridized carbons (Fsp3) is 0.643. The normalized spacial score (nSPS) is 10.7. The molecule has 17 heavy (non-hydrogen) atoms. The molecule has 1 aromatic rings. The Hall–Kier alpha value is -0.930. The lowest BCUT2D eigenvalue weighted by molar-refractivity contribution is 0.114. The van der Waals surface area contributed by atoms with E-state index in [2.05, 4.69) is 17.2 Å². The van der Waals surface area contributed by atoms with Crippen molar-refractivity contribution in [1.82, 2.24) is 10.3 Å². The van der Waals surface area contributed by atoms with E-state index in [1.807, 2.05) is 25.2 Å². The minimum absolute atomic E-state index is 0.629. The molecular weight excluding hydrogens is 212 g/mol. The Morgan fingerprint density at radius 2 is 2.00 bits per heavy atom. The van der Waals surface area contributed by atoms with Gasteiger partial charge in [-0.05, 0) is 25.6 Å². The van der Waals surface area contributed by atoms with Crippen molar-refractivity contribution in [2.24, 2.45) is 0 Å². The van der Waals surface area contributed by atoms with E-state index in [1.54, 1.807) is 0 Å². The van der Waals surface area contributed by atoms with Crippen LogP contribution in [0.15, 0.2) is 18.2 Å². The summed E-state index contributed by atoms with van der Waals surface area (Å²) in [6.45, 7) is 4.50. The predicted molar refractivity (Wildman–Crippen MR) is 70.8 cm³/mol. The van der Waals surface area contributed by atoms with Crippen molar-refractivity contribution < 1.29 is 4.74 Å². The van der Waals surface area contributed by atoms with E-state index < -0.39 is 0 Å². The van der Waals surface area contributed by atoms with Crippen LogP contribution in [0.1, 0.15) is 44.0 Å². The van der Waals surface area contributed by atoms with Gasteiger partial charge in [0.2, 0.25) is 0 Å². The van der Waals surface area contributed by atoms with Crippen LogP contribution in [-0.4, -0.2) is 18.6 Å². The summed E-state index contributed by atoms with van der Waals surface area (Å²) >= 11 is 0. The predicted octanol–water partition coefficient (Wildman–Crippen LogP) is 2.90. The molecule has 0 saturated heterocycles.